The summed E-state index contributed by atoms with van der Waals surface area (Å²) < 4.78 is 32.6. The fourth-order valence-corrected chi connectivity index (χ4v) is 11.6. The van der Waals surface area contributed by atoms with E-state index in [1.54, 1.807) is 14.2 Å². The Morgan fingerprint density at radius 3 is 1.91 bits per heavy atom. The predicted molar refractivity (Wildman–Crippen MR) is 187 cm³/mol. The molecule has 43 heavy (non-hydrogen) atoms. The maximum Gasteiger partial charge on any atom is 0.387 e. The van der Waals surface area contributed by atoms with Gasteiger partial charge in [0, 0.05) is 22.1 Å². The first-order chi connectivity index (χ1) is 21.1. The third-order valence-corrected chi connectivity index (χ3v) is 13.4. The summed E-state index contributed by atoms with van der Waals surface area (Å²) >= 11 is 2.32. The van der Waals surface area contributed by atoms with Gasteiger partial charge in [0.15, 0.2) is 5.58 Å². The number of ether oxygens (including phenoxy) is 2. The lowest BCUT2D eigenvalue weighted by Gasteiger charge is -2.25. The van der Waals surface area contributed by atoms with Crippen molar-refractivity contribution >= 4 is 60.7 Å². The van der Waals surface area contributed by atoms with E-state index in [-0.39, 0.29) is 0 Å². The van der Waals surface area contributed by atoms with Crippen LogP contribution in [0.2, 0.25) is 0 Å². The van der Waals surface area contributed by atoms with Crippen LogP contribution in [0.25, 0.3) is 21.9 Å². The van der Waals surface area contributed by atoms with Gasteiger partial charge in [-0.05, 0) is 89.2 Å². The second-order valence-electron chi connectivity index (χ2n) is 10.9. The molecule has 1 saturated heterocycles. The Bertz CT molecular complexity index is 1680. The van der Waals surface area contributed by atoms with Crippen molar-refractivity contribution in [2.75, 3.05) is 20.6 Å². The molecular weight excluding hydrogens is 689 g/mol. The molecule has 3 unspecified atom stereocenters. The van der Waals surface area contributed by atoms with Crippen LogP contribution >= 0.6 is 38.8 Å². The van der Waals surface area contributed by atoms with Crippen molar-refractivity contribution in [1.82, 2.24) is 0 Å². The molecule has 1 fully saturated rings. The second kappa shape index (κ2) is 14.1. The first-order valence-corrected chi connectivity index (χ1v) is 18.7. The van der Waals surface area contributed by atoms with Gasteiger partial charge in [0.05, 0.1) is 24.1 Å². The van der Waals surface area contributed by atoms with Crippen molar-refractivity contribution < 1.29 is 22.4 Å². The number of methoxy groups -OCH3 is 2. The minimum Gasteiger partial charge on any atom is -0.497 e. The SMILES string of the molecule is CCCCc1cc(OC)cc2c1op(OCP1C(c3ccccc3)CC[C@H]1c1ccccc1)oc1c(I)cc(OC)cc12. The molecule has 1 aliphatic rings. The normalized spacial score (nSPS) is 18.7. The first kappa shape index (κ1) is 30.5. The quantitative estimate of drug-likeness (QED) is 0.106. The zero-order valence-corrected chi connectivity index (χ0v) is 28.7. The van der Waals surface area contributed by atoms with Gasteiger partial charge in [-0.25, -0.2) is 0 Å². The van der Waals surface area contributed by atoms with Gasteiger partial charge in [0.2, 0.25) is 0 Å². The van der Waals surface area contributed by atoms with Gasteiger partial charge in [0.1, 0.15) is 17.1 Å². The van der Waals surface area contributed by atoms with Crippen LogP contribution in [0, 0.1) is 3.57 Å². The number of unbranched alkanes of at least 4 members (excludes halogenated alkanes) is 1. The topological polar surface area (TPSA) is 54.0 Å². The molecule has 1 aliphatic heterocycles. The van der Waals surface area contributed by atoms with Gasteiger partial charge in [-0.15, -0.1) is 0 Å². The van der Waals surface area contributed by atoms with Gasteiger partial charge in [-0.2, -0.15) is 0 Å². The van der Waals surface area contributed by atoms with Gasteiger partial charge >= 0.3 is 8.24 Å². The van der Waals surface area contributed by atoms with Crippen molar-refractivity contribution in [2.45, 2.75) is 50.3 Å². The Balaban J connectivity index is 1.47. The van der Waals surface area contributed by atoms with E-state index in [9.17, 15) is 0 Å². The highest BCUT2D eigenvalue weighted by Crippen LogP contribution is 2.70. The monoisotopic (exact) mass is 726 g/mol. The highest BCUT2D eigenvalue weighted by molar-refractivity contribution is 14.1. The molecule has 0 aliphatic carbocycles. The second-order valence-corrected chi connectivity index (χ2v) is 15.6. The lowest BCUT2D eigenvalue weighted by Crippen LogP contribution is -2.02. The molecule has 4 atom stereocenters. The number of aryl methyl sites for hydroxylation is 1. The van der Waals surface area contributed by atoms with Gasteiger partial charge < -0.3 is 17.9 Å². The van der Waals surface area contributed by atoms with Crippen molar-refractivity contribution in [2.24, 2.45) is 0 Å². The molecule has 6 rings (SSSR count). The third-order valence-electron chi connectivity index (χ3n) is 8.24. The van der Waals surface area contributed by atoms with Crippen LogP contribution in [0.1, 0.15) is 60.6 Å². The zero-order chi connectivity index (χ0) is 29.8. The Labute approximate surface area is 269 Å². The van der Waals surface area contributed by atoms with Crippen molar-refractivity contribution in [3.63, 3.8) is 0 Å². The molecule has 4 aromatic carbocycles. The molecular formula is C35H37IO5P2. The van der Waals surface area contributed by atoms with E-state index >= 15 is 0 Å². The standard InChI is InChI=1S/C35H37IO5P2/c1-4-5-12-26-19-27(37-2)20-29-30-21-28(38-3)22-31(36)35(30)41-43(40-34(26)29)39-23-42-32(24-13-8-6-9-14-24)17-18-33(42)25-15-10-7-11-16-25/h6-11,13-16,19-22,32-33H,4-5,12,17-18,23H2,1-3H3/t32-,33?,42?,43?/m0/s1. The van der Waals surface area contributed by atoms with E-state index < -0.39 is 16.2 Å². The minimum absolute atomic E-state index is 0.469. The van der Waals surface area contributed by atoms with E-state index in [1.165, 1.54) is 11.1 Å². The average molecular weight is 727 g/mol. The average Bonchev–Trinajstić information content (AvgIpc) is 3.40. The molecule has 2 heterocycles. The van der Waals surface area contributed by atoms with Crippen molar-refractivity contribution in [3.8, 4) is 11.5 Å². The van der Waals surface area contributed by atoms with Crippen LogP contribution in [-0.2, 0) is 6.42 Å². The highest BCUT2D eigenvalue weighted by atomic mass is 127. The number of hydrogen-bond acceptors (Lipinski definition) is 5. The summed E-state index contributed by atoms with van der Waals surface area (Å²) in [4.78, 5) is 0. The maximum absolute atomic E-state index is 6.78. The Hall–Kier alpha value is -2.50. The summed E-state index contributed by atoms with van der Waals surface area (Å²) in [6.07, 6.45) is 5.94. The van der Waals surface area contributed by atoms with Gasteiger partial charge in [-0.1, -0.05) is 81.9 Å². The molecule has 0 N–H and O–H groups in total. The van der Waals surface area contributed by atoms with Gasteiger partial charge in [-0.3, -0.25) is 4.52 Å². The molecule has 224 valence electrons. The fraction of sp³-hybridized carbons (Fsp3) is 0.314. The molecule has 0 radical (unpaired) electrons. The molecule has 0 saturated carbocycles. The summed E-state index contributed by atoms with van der Waals surface area (Å²) in [6.45, 7) is 2.21. The summed E-state index contributed by atoms with van der Waals surface area (Å²) in [5.41, 5.74) is 6.43. The summed E-state index contributed by atoms with van der Waals surface area (Å²) in [7, 11) is 1.15. The van der Waals surface area contributed by atoms with Crippen LogP contribution in [-0.4, -0.2) is 20.6 Å². The number of halogens is 1. The summed E-state index contributed by atoms with van der Waals surface area (Å²) in [5.74, 6) is 1.57. The van der Waals surface area contributed by atoms with Gasteiger partial charge in [0.25, 0.3) is 0 Å². The van der Waals surface area contributed by atoms with Crippen LogP contribution in [0.5, 0.6) is 11.5 Å². The first-order valence-electron chi connectivity index (χ1n) is 14.8. The summed E-state index contributed by atoms with van der Waals surface area (Å²) in [5, 5.41) is 1.88. The number of hydrogen-bond donors (Lipinski definition) is 0. The van der Waals surface area contributed by atoms with Crippen LogP contribution < -0.4 is 14.0 Å². The molecule has 0 bridgehead atoms. The number of fused-ring (bicyclic) bond motifs is 3. The van der Waals surface area contributed by atoms with E-state index in [1.807, 2.05) is 18.2 Å². The molecule has 8 heteroatoms. The molecule has 5 aromatic rings. The van der Waals surface area contributed by atoms with Crippen LogP contribution in [0.15, 0.2) is 93.3 Å². The molecule has 1 aromatic heterocycles. The van der Waals surface area contributed by atoms with Crippen LogP contribution in [0.3, 0.4) is 0 Å². The van der Waals surface area contributed by atoms with E-state index in [4.69, 9.17) is 22.4 Å². The largest absolute Gasteiger partial charge is 0.497 e. The minimum atomic E-state index is -1.71. The lowest BCUT2D eigenvalue weighted by molar-refractivity contribution is 0.414. The Morgan fingerprint density at radius 1 is 0.767 bits per heavy atom. The molecule has 5 nitrogen and oxygen atoms in total. The van der Waals surface area contributed by atoms with Crippen molar-refractivity contribution in [3.05, 3.63) is 105 Å². The van der Waals surface area contributed by atoms with E-state index in [0.717, 1.165) is 74.7 Å². The highest BCUT2D eigenvalue weighted by Gasteiger charge is 2.38. The van der Waals surface area contributed by atoms with Crippen LogP contribution in [0.4, 0.5) is 0 Å². The lowest BCUT2D eigenvalue weighted by atomic mass is 10.0. The molecule has 0 amide bonds. The fourth-order valence-electron chi connectivity index (χ4n) is 6.06. The Kier molecular flexibility index (Phi) is 9.99. The zero-order valence-electron chi connectivity index (χ0n) is 24.8. The Morgan fingerprint density at radius 2 is 1.33 bits per heavy atom. The molecule has 0 spiro atoms. The third kappa shape index (κ3) is 6.63. The number of benzene rings is 4. The van der Waals surface area contributed by atoms with Crippen molar-refractivity contribution in [1.29, 1.82) is 0 Å². The van der Waals surface area contributed by atoms with E-state index in [0.29, 0.717) is 17.7 Å². The summed E-state index contributed by atoms with van der Waals surface area (Å²) in [6, 6.07) is 30.0. The number of rotatable bonds is 10. The smallest absolute Gasteiger partial charge is 0.387 e. The maximum atomic E-state index is 6.78. The van der Waals surface area contributed by atoms with E-state index in [2.05, 4.69) is 96.2 Å². The predicted octanol–water partition coefficient (Wildman–Crippen LogP) is 11.4.